The average molecular weight is 816 g/mol. The number of aromatic nitrogens is 1. The van der Waals surface area contributed by atoms with E-state index in [9.17, 15) is 14.4 Å². The number of rotatable bonds is 15. The van der Waals surface area contributed by atoms with Gasteiger partial charge in [-0.3, -0.25) is 14.5 Å². The summed E-state index contributed by atoms with van der Waals surface area (Å²) in [5.41, 5.74) is 3.12. The number of esters is 1. The molecule has 0 unspecified atom stereocenters. The Balaban J connectivity index is 1.11. The van der Waals surface area contributed by atoms with Gasteiger partial charge in [0.1, 0.15) is 47.8 Å². The van der Waals surface area contributed by atoms with Gasteiger partial charge in [-0.2, -0.15) is 0 Å². The van der Waals surface area contributed by atoms with E-state index in [4.69, 9.17) is 25.7 Å². The van der Waals surface area contributed by atoms with Crippen LogP contribution in [0.4, 0.5) is 5.13 Å². The number of oxime groups is 1. The van der Waals surface area contributed by atoms with Gasteiger partial charge in [0.25, 0.3) is 11.8 Å². The summed E-state index contributed by atoms with van der Waals surface area (Å²) in [5.74, 6) is 2.17. The van der Waals surface area contributed by atoms with Gasteiger partial charge >= 0.3 is 5.97 Å². The van der Waals surface area contributed by atoms with Gasteiger partial charge in [-0.25, -0.2) is 9.78 Å². The van der Waals surface area contributed by atoms with Gasteiger partial charge in [0.15, 0.2) is 10.8 Å². The highest BCUT2D eigenvalue weighted by molar-refractivity contribution is 8.06. The summed E-state index contributed by atoms with van der Waals surface area (Å²) in [6.45, 7) is -0.0100. The van der Waals surface area contributed by atoms with Crippen molar-refractivity contribution in [2.24, 2.45) is 5.16 Å². The predicted octanol–water partition coefficient (Wildman–Crippen LogP) is 6.63. The molecule has 0 aliphatic carbocycles. The van der Waals surface area contributed by atoms with Crippen LogP contribution in [-0.2, 0) is 36.1 Å². The van der Waals surface area contributed by atoms with Gasteiger partial charge in [0.2, 0.25) is 0 Å². The first kappa shape index (κ1) is 39.2. The first-order valence-corrected chi connectivity index (χ1v) is 20.7. The van der Waals surface area contributed by atoms with Crippen LogP contribution in [0, 0.1) is 12.3 Å². The SMILES string of the molecule is C#CCSC1=C(C(=O)OCc2ccc(OC)cc2)N2C(=O)[C@@H](NC(=O)/C(=N\OC)c3csc(NC(c4ccccc4)(c4ccccc4)c4ccccc4)n3)[C@H]2SC1. The summed E-state index contributed by atoms with van der Waals surface area (Å²) in [4.78, 5) is 53.3. The number of anilines is 1. The van der Waals surface area contributed by atoms with Gasteiger partial charge in [-0.15, -0.1) is 41.3 Å². The average Bonchev–Trinajstić information content (AvgIpc) is 3.73. The number of amides is 2. The first-order chi connectivity index (χ1) is 27.9. The molecule has 0 radical (unpaired) electrons. The lowest BCUT2D eigenvalue weighted by Crippen LogP contribution is -2.71. The highest BCUT2D eigenvalue weighted by Gasteiger charge is 2.55. The van der Waals surface area contributed by atoms with Crippen LogP contribution in [-0.4, -0.2) is 70.5 Å². The van der Waals surface area contributed by atoms with Gasteiger partial charge in [-0.05, 0) is 34.4 Å². The molecular formula is C43H37N5O6S3. The van der Waals surface area contributed by atoms with Gasteiger partial charge in [-0.1, -0.05) is 114 Å². The summed E-state index contributed by atoms with van der Waals surface area (Å²) in [6.07, 6.45) is 5.53. The van der Waals surface area contributed by atoms with E-state index in [1.807, 2.05) is 54.6 Å². The Morgan fingerprint density at radius 1 is 0.947 bits per heavy atom. The van der Waals surface area contributed by atoms with Crippen LogP contribution in [0.3, 0.4) is 0 Å². The number of nitrogens with one attached hydrogen (secondary N) is 2. The molecule has 2 atom stereocenters. The molecule has 7 rings (SSSR count). The topological polar surface area (TPSA) is 131 Å². The smallest absolute Gasteiger partial charge is 0.356 e. The number of methoxy groups -OCH3 is 1. The Bertz CT molecular complexity index is 2230. The number of thiazole rings is 1. The number of carbonyl (C=O) groups is 3. The predicted molar refractivity (Wildman–Crippen MR) is 225 cm³/mol. The number of terminal acetylenes is 1. The van der Waals surface area contributed by atoms with E-state index in [-0.39, 0.29) is 23.7 Å². The Kier molecular flexibility index (Phi) is 12.3. The van der Waals surface area contributed by atoms with Crippen molar-refractivity contribution in [2.75, 3.05) is 31.0 Å². The van der Waals surface area contributed by atoms with Crippen molar-refractivity contribution in [2.45, 2.75) is 23.6 Å². The summed E-state index contributed by atoms with van der Waals surface area (Å²) >= 11 is 4.03. The van der Waals surface area contributed by atoms with E-state index in [1.165, 1.54) is 46.9 Å². The van der Waals surface area contributed by atoms with Gasteiger partial charge in [0.05, 0.1) is 12.9 Å². The third-order valence-corrected chi connectivity index (χ3v) is 12.5. The molecule has 288 valence electrons. The van der Waals surface area contributed by atoms with Crippen LogP contribution in [0.5, 0.6) is 5.75 Å². The minimum atomic E-state index is -0.953. The molecule has 3 heterocycles. The monoisotopic (exact) mass is 815 g/mol. The zero-order valence-corrected chi connectivity index (χ0v) is 33.4. The lowest BCUT2D eigenvalue weighted by Gasteiger charge is -2.49. The number of β-lactam (4-membered cyclic amide) rings is 1. The highest BCUT2D eigenvalue weighted by atomic mass is 32.2. The molecule has 14 heteroatoms. The lowest BCUT2D eigenvalue weighted by molar-refractivity contribution is -0.153. The minimum Gasteiger partial charge on any atom is -0.497 e. The zero-order valence-electron chi connectivity index (χ0n) is 30.9. The van der Waals surface area contributed by atoms with Crippen molar-refractivity contribution < 1.29 is 28.7 Å². The van der Waals surface area contributed by atoms with Crippen LogP contribution in [0.2, 0.25) is 0 Å². The lowest BCUT2D eigenvalue weighted by atomic mass is 9.77. The molecule has 0 saturated carbocycles. The van der Waals surface area contributed by atoms with Crippen molar-refractivity contribution in [1.29, 1.82) is 0 Å². The van der Waals surface area contributed by atoms with Crippen molar-refractivity contribution in [3.05, 3.63) is 159 Å². The second kappa shape index (κ2) is 17.8. The van der Waals surface area contributed by atoms with E-state index < -0.39 is 34.7 Å². The van der Waals surface area contributed by atoms with Crippen LogP contribution >= 0.6 is 34.9 Å². The third-order valence-electron chi connectivity index (χ3n) is 9.33. The number of benzene rings is 4. The molecule has 4 aromatic carbocycles. The van der Waals surface area contributed by atoms with Gasteiger partial charge in [0, 0.05) is 16.0 Å². The van der Waals surface area contributed by atoms with Crippen molar-refractivity contribution >= 4 is 63.5 Å². The first-order valence-electron chi connectivity index (χ1n) is 17.7. The molecule has 5 aromatic rings. The Hall–Kier alpha value is -6.01. The molecule has 2 aliphatic heterocycles. The minimum absolute atomic E-state index is 0.0100. The van der Waals surface area contributed by atoms with E-state index in [2.05, 4.69) is 58.1 Å². The van der Waals surface area contributed by atoms with Crippen molar-refractivity contribution in [1.82, 2.24) is 15.2 Å². The van der Waals surface area contributed by atoms with E-state index in [0.717, 1.165) is 22.3 Å². The molecule has 1 aromatic heterocycles. The maximum atomic E-state index is 13.9. The maximum Gasteiger partial charge on any atom is 0.356 e. The van der Waals surface area contributed by atoms with Crippen LogP contribution in [0.1, 0.15) is 27.9 Å². The molecular weight excluding hydrogens is 779 g/mol. The summed E-state index contributed by atoms with van der Waals surface area (Å²) in [6, 6.07) is 36.4. The number of hydrogen-bond acceptors (Lipinski definition) is 12. The highest BCUT2D eigenvalue weighted by Crippen LogP contribution is 2.44. The fraction of sp³-hybridized carbons (Fsp3) is 0.186. The Morgan fingerprint density at radius 2 is 1.56 bits per heavy atom. The van der Waals surface area contributed by atoms with E-state index in [0.29, 0.717) is 27.3 Å². The molecule has 57 heavy (non-hydrogen) atoms. The Morgan fingerprint density at radius 3 is 2.12 bits per heavy atom. The normalized spacial score (nSPS) is 16.5. The summed E-state index contributed by atoms with van der Waals surface area (Å²) < 4.78 is 10.9. The summed E-state index contributed by atoms with van der Waals surface area (Å²) in [5, 5.41) is 12.2. The van der Waals surface area contributed by atoms with E-state index in [1.54, 1.807) is 36.8 Å². The molecule has 1 saturated heterocycles. The van der Waals surface area contributed by atoms with Crippen LogP contribution < -0.4 is 15.4 Å². The zero-order chi connectivity index (χ0) is 39.8. The number of fused-ring (bicyclic) bond motifs is 1. The largest absolute Gasteiger partial charge is 0.497 e. The second-order valence-electron chi connectivity index (χ2n) is 12.7. The summed E-state index contributed by atoms with van der Waals surface area (Å²) in [7, 11) is 2.91. The number of carbonyl (C=O) groups excluding carboxylic acids is 3. The van der Waals surface area contributed by atoms with Crippen molar-refractivity contribution in [3.63, 3.8) is 0 Å². The quantitative estimate of drug-likeness (QED) is 0.0297. The second-order valence-corrected chi connectivity index (χ2v) is 15.7. The molecule has 1 fully saturated rings. The molecule has 2 N–H and O–H groups in total. The third kappa shape index (κ3) is 8.13. The number of thioether (sulfide) groups is 2. The van der Waals surface area contributed by atoms with Crippen molar-refractivity contribution in [3.8, 4) is 18.1 Å². The standard InChI is InChI=1S/C43H37N5O6S3/c1-4-24-55-34-27-56-40-36(39(50)48(40)37(34)41(51)54-25-28-20-22-32(52-2)23-21-28)45-38(49)35(47-53-3)33-26-57-42(44-33)46-43(29-14-8-5-9-15-29,30-16-10-6-11-17-30)31-18-12-7-13-19-31/h1,5-23,26,36,40H,24-25,27H2,2-3H3,(H,44,46)(H,45,49)/b47-35-/t36-,40-/m1/s1. The fourth-order valence-electron chi connectivity index (χ4n) is 6.65. The molecule has 11 nitrogen and oxygen atoms in total. The van der Waals surface area contributed by atoms with Gasteiger partial charge < -0.3 is 24.9 Å². The van der Waals surface area contributed by atoms with Crippen LogP contribution in [0.25, 0.3) is 0 Å². The fourth-order valence-corrected chi connectivity index (χ4v) is 9.70. The Labute approximate surface area is 342 Å². The number of ether oxygens (including phenoxy) is 2. The number of nitrogens with zero attached hydrogens (tertiary/aromatic N) is 3. The maximum absolute atomic E-state index is 13.9. The molecule has 0 spiro atoms. The molecule has 2 amide bonds. The molecule has 0 bridgehead atoms. The number of hydrogen-bond donors (Lipinski definition) is 2. The van der Waals surface area contributed by atoms with Crippen LogP contribution in [0.15, 0.2) is 136 Å². The van der Waals surface area contributed by atoms with E-state index >= 15 is 0 Å². The molecule has 2 aliphatic rings.